The summed E-state index contributed by atoms with van der Waals surface area (Å²) < 4.78 is 0. The number of benzene rings is 1. The van der Waals surface area contributed by atoms with Crippen LogP contribution in [0.15, 0.2) is 12.1 Å². The van der Waals surface area contributed by atoms with Crippen LogP contribution in [0.4, 0.5) is 0 Å². The predicted molar refractivity (Wildman–Crippen MR) is 67.5 cm³/mol. The van der Waals surface area contributed by atoms with E-state index in [1.54, 1.807) is 12.1 Å². The normalized spacial score (nSPS) is 22.7. The average molecular weight is 268 g/mol. The van der Waals surface area contributed by atoms with Gasteiger partial charge in [0, 0.05) is 27.6 Å². The Labute approximate surface area is 110 Å². The van der Waals surface area contributed by atoms with Gasteiger partial charge in [-0.2, -0.15) is 5.26 Å². The van der Waals surface area contributed by atoms with Gasteiger partial charge in [0.2, 0.25) is 0 Å². The van der Waals surface area contributed by atoms with Crippen molar-refractivity contribution in [3.63, 3.8) is 0 Å². The first-order chi connectivity index (χ1) is 7.92. The molecule has 1 aromatic carbocycles. The molecule has 88 valence electrons. The lowest BCUT2D eigenvalue weighted by atomic mass is 9.74. The third kappa shape index (κ3) is 1.66. The first-order valence-electron chi connectivity index (χ1n) is 5.36. The molecule has 0 amide bonds. The molecular formula is C13H11Cl2NO. The summed E-state index contributed by atoms with van der Waals surface area (Å²) in [5.74, 6) is -0.0315. The second kappa shape index (κ2) is 4.01. The van der Waals surface area contributed by atoms with Crippen LogP contribution in [0.3, 0.4) is 0 Å². The lowest BCUT2D eigenvalue weighted by molar-refractivity contribution is 0.0974. The number of Topliss-reactive ketones (excluding diaryl/α,β-unsaturated/α-hetero) is 1. The number of carbonyl (C=O) groups excluding carboxylic acids is 1. The molecule has 0 heterocycles. The molecule has 2 rings (SSSR count). The topological polar surface area (TPSA) is 40.9 Å². The first kappa shape index (κ1) is 12.4. The van der Waals surface area contributed by atoms with Crippen LogP contribution in [0.5, 0.6) is 0 Å². The van der Waals surface area contributed by atoms with E-state index in [-0.39, 0.29) is 18.1 Å². The maximum atomic E-state index is 12.0. The number of hydrogen-bond donors (Lipinski definition) is 0. The quantitative estimate of drug-likeness (QED) is 0.772. The molecule has 1 unspecified atom stereocenters. The highest BCUT2D eigenvalue weighted by Gasteiger charge is 2.47. The molecule has 1 aliphatic carbocycles. The van der Waals surface area contributed by atoms with Gasteiger partial charge in [0.15, 0.2) is 5.78 Å². The van der Waals surface area contributed by atoms with Crippen molar-refractivity contribution in [1.29, 1.82) is 5.26 Å². The highest BCUT2D eigenvalue weighted by Crippen LogP contribution is 2.47. The number of nitrogens with zero attached hydrogens (tertiary/aromatic N) is 1. The van der Waals surface area contributed by atoms with E-state index >= 15 is 0 Å². The Morgan fingerprint density at radius 3 is 2.59 bits per heavy atom. The van der Waals surface area contributed by atoms with Gasteiger partial charge in [-0.1, -0.05) is 37.0 Å². The third-order valence-corrected chi connectivity index (χ3v) is 3.94. The minimum Gasteiger partial charge on any atom is -0.294 e. The molecule has 0 aliphatic heterocycles. The number of rotatable bonds is 1. The molecule has 4 heteroatoms. The molecule has 1 atom stereocenters. The van der Waals surface area contributed by atoms with Crippen molar-refractivity contribution >= 4 is 29.0 Å². The molecule has 0 aromatic heterocycles. The van der Waals surface area contributed by atoms with Gasteiger partial charge in [0.25, 0.3) is 0 Å². The first-order valence-corrected chi connectivity index (χ1v) is 6.12. The summed E-state index contributed by atoms with van der Waals surface area (Å²) in [6.45, 7) is 3.85. The third-order valence-electron chi connectivity index (χ3n) is 3.43. The Morgan fingerprint density at radius 1 is 1.41 bits per heavy atom. The van der Waals surface area contributed by atoms with Crippen molar-refractivity contribution in [3.8, 4) is 6.07 Å². The second-order valence-corrected chi connectivity index (χ2v) is 5.49. The van der Waals surface area contributed by atoms with E-state index in [0.29, 0.717) is 21.2 Å². The fourth-order valence-corrected chi connectivity index (χ4v) is 3.06. The molecule has 2 nitrogen and oxygen atoms in total. The number of nitriles is 1. The number of carbonyl (C=O) groups is 1. The monoisotopic (exact) mass is 267 g/mol. The highest BCUT2D eigenvalue weighted by atomic mass is 35.5. The van der Waals surface area contributed by atoms with E-state index in [1.165, 1.54) is 0 Å². The van der Waals surface area contributed by atoms with Crippen LogP contribution in [0.1, 0.15) is 36.2 Å². The molecular weight excluding hydrogens is 257 g/mol. The SMILES string of the molecule is CC(C)C1(C#N)CC(=O)c2cc(Cl)cc(Cl)c21. The zero-order chi connectivity index (χ0) is 12.8. The average Bonchev–Trinajstić information content (AvgIpc) is 2.53. The molecule has 0 bridgehead atoms. The Balaban J connectivity index is 2.78. The molecule has 0 saturated heterocycles. The van der Waals surface area contributed by atoms with Gasteiger partial charge in [-0.05, 0) is 18.1 Å². The summed E-state index contributed by atoms with van der Waals surface area (Å²) in [4.78, 5) is 12.0. The summed E-state index contributed by atoms with van der Waals surface area (Å²) in [6.07, 6.45) is 0.191. The van der Waals surface area contributed by atoms with Crippen molar-refractivity contribution in [2.45, 2.75) is 25.7 Å². The summed E-state index contributed by atoms with van der Waals surface area (Å²) in [7, 11) is 0. The number of ketones is 1. The molecule has 17 heavy (non-hydrogen) atoms. The van der Waals surface area contributed by atoms with Crippen molar-refractivity contribution in [3.05, 3.63) is 33.3 Å². The standard InChI is InChI=1S/C13H11Cl2NO/c1-7(2)13(6-16)5-11(17)9-3-8(14)4-10(15)12(9)13/h3-4,7H,5H2,1-2H3. The van der Waals surface area contributed by atoms with E-state index in [0.717, 1.165) is 0 Å². The number of halogens is 2. The van der Waals surface area contributed by atoms with Crippen LogP contribution in [-0.2, 0) is 5.41 Å². The van der Waals surface area contributed by atoms with Crippen LogP contribution in [0, 0.1) is 17.2 Å². The Hall–Kier alpha value is -1.04. The van der Waals surface area contributed by atoms with Gasteiger partial charge in [-0.3, -0.25) is 4.79 Å². The zero-order valence-corrected chi connectivity index (χ0v) is 11.1. The molecule has 0 N–H and O–H groups in total. The van der Waals surface area contributed by atoms with Crippen LogP contribution >= 0.6 is 23.2 Å². The maximum Gasteiger partial charge on any atom is 0.165 e. The van der Waals surface area contributed by atoms with Crippen molar-refractivity contribution in [1.82, 2.24) is 0 Å². The number of hydrogen-bond acceptors (Lipinski definition) is 2. The van der Waals surface area contributed by atoms with Gasteiger partial charge < -0.3 is 0 Å². The zero-order valence-electron chi connectivity index (χ0n) is 9.55. The fourth-order valence-electron chi connectivity index (χ4n) is 2.40. The van der Waals surface area contributed by atoms with E-state index in [9.17, 15) is 10.1 Å². The largest absolute Gasteiger partial charge is 0.294 e. The molecule has 0 radical (unpaired) electrons. The fraction of sp³-hybridized carbons (Fsp3) is 0.385. The maximum absolute atomic E-state index is 12.0. The summed E-state index contributed by atoms with van der Waals surface area (Å²) in [6, 6.07) is 5.47. The Bertz CT molecular complexity index is 545. The van der Waals surface area contributed by atoms with Crippen LogP contribution in [0.2, 0.25) is 10.0 Å². The molecule has 0 fully saturated rings. The molecule has 0 spiro atoms. The Kier molecular flexibility index (Phi) is 2.93. The van der Waals surface area contributed by atoms with E-state index < -0.39 is 5.41 Å². The van der Waals surface area contributed by atoms with Crippen molar-refractivity contribution < 1.29 is 4.79 Å². The number of fused-ring (bicyclic) bond motifs is 1. The highest BCUT2D eigenvalue weighted by molar-refractivity contribution is 6.36. The summed E-state index contributed by atoms with van der Waals surface area (Å²) >= 11 is 12.0. The minimum absolute atomic E-state index is 0.0244. The lowest BCUT2D eigenvalue weighted by Crippen LogP contribution is -2.28. The Morgan fingerprint density at radius 2 is 2.06 bits per heavy atom. The lowest BCUT2D eigenvalue weighted by Gasteiger charge is -2.26. The molecule has 1 aliphatic rings. The van der Waals surface area contributed by atoms with Gasteiger partial charge in [0.05, 0.1) is 11.5 Å². The summed E-state index contributed by atoms with van der Waals surface area (Å²) in [5.41, 5.74) is 0.331. The predicted octanol–water partition coefficient (Wildman–Crippen LogP) is 4.00. The van der Waals surface area contributed by atoms with Crippen molar-refractivity contribution in [2.75, 3.05) is 0 Å². The van der Waals surface area contributed by atoms with Gasteiger partial charge >= 0.3 is 0 Å². The second-order valence-electron chi connectivity index (χ2n) is 4.65. The van der Waals surface area contributed by atoms with Crippen LogP contribution in [0.25, 0.3) is 0 Å². The van der Waals surface area contributed by atoms with Gasteiger partial charge in [-0.25, -0.2) is 0 Å². The smallest absolute Gasteiger partial charge is 0.165 e. The summed E-state index contributed by atoms with van der Waals surface area (Å²) in [5, 5.41) is 10.3. The van der Waals surface area contributed by atoms with Crippen molar-refractivity contribution in [2.24, 2.45) is 5.92 Å². The van der Waals surface area contributed by atoms with Gasteiger partial charge in [0.1, 0.15) is 0 Å². The van der Waals surface area contributed by atoms with Crippen LogP contribution in [-0.4, -0.2) is 5.78 Å². The van der Waals surface area contributed by atoms with Crippen LogP contribution < -0.4 is 0 Å². The van der Waals surface area contributed by atoms with E-state index in [4.69, 9.17) is 23.2 Å². The van der Waals surface area contributed by atoms with E-state index in [2.05, 4.69) is 6.07 Å². The minimum atomic E-state index is -0.811. The van der Waals surface area contributed by atoms with E-state index in [1.807, 2.05) is 13.8 Å². The van der Waals surface area contributed by atoms with Gasteiger partial charge in [-0.15, -0.1) is 0 Å². The molecule has 0 saturated carbocycles. The molecule has 1 aromatic rings.